The van der Waals surface area contributed by atoms with Crippen LogP contribution in [0.5, 0.6) is 0 Å². The second-order valence-corrected chi connectivity index (χ2v) is 9.66. The molecule has 0 amide bonds. The maximum absolute atomic E-state index is 2.34. The Balaban J connectivity index is 1.82. The van der Waals surface area contributed by atoms with E-state index in [0.29, 0.717) is 4.48 Å². The molecule has 0 aliphatic carbocycles. The van der Waals surface area contributed by atoms with Crippen LogP contribution in [0.4, 0.5) is 17.1 Å². The molecule has 0 saturated heterocycles. The molecule has 0 atom stereocenters. The predicted molar refractivity (Wildman–Crippen MR) is 153 cm³/mol. The van der Waals surface area contributed by atoms with Gasteiger partial charge in [0.05, 0.1) is 7.05 Å². The van der Waals surface area contributed by atoms with E-state index in [-0.39, 0.29) is 0 Å². The lowest BCUT2D eigenvalue weighted by molar-refractivity contribution is -0.660. The fourth-order valence-electron chi connectivity index (χ4n) is 5.71. The number of nitrogens with zero attached hydrogens (tertiary/aromatic N) is 2. The van der Waals surface area contributed by atoms with Gasteiger partial charge in [-0.05, 0) is 71.8 Å². The van der Waals surface area contributed by atoms with Crippen molar-refractivity contribution in [3.8, 4) is 11.3 Å². The molecular weight excluding hydrogens is 436 g/mol. The van der Waals surface area contributed by atoms with E-state index < -0.39 is 0 Å². The third-order valence-electron chi connectivity index (χ3n) is 7.58. The minimum Gasteiger partial charge on any atom is -0.228 e. The standard InChI is InChI=1S/C34H30N2/c1-25-30(32-20-12-13-23-35(32)2)22-21-27-24-26-14-10-11-19-31(26)34(33(25)27)36(3,28-15-6-4-7-16-28)29-17-8-5-9-18-29/h4-24H,1-3H3/q+2. The van der Waals surface area contributed by atoms with Crippen LogP contribution < -0.4 is 9.05 Å². The number of rotatable bonds is 4. The largest absolute Gasteiger partial charge is 0.228 e. The van der Waals surface area contributed by atoms with Crippen LogP contribution in [0.3, 0.4) is 0 Å². The van der Waals surface area contributed by atoms with E-state index in [1.165, 1.54) is 55.4 Å². The van der Waals surface area contributed by atoms with Crippen LogP contribution in [0.1, 0.15) is 5.56 Å². The summed E-state index contributed by atoms with van der Waals surface area (Å²) in [4.78, 5) is 0. The maximum Gasteiger partial charge on any atom is 0.212 e. The molecule has 36 heavy (non-hydrogen) atoms. The Morgan fingerprint density at radius 2 is 1.22 bits per heavy atom. The van der Waals surface area contributed by atoms with Crippen LogP contribution in [-0.4, -0.2) is 7.05 Å². The average Bonchev–Trinajstić information content (AvgIpc) is 2.93. The van der Waals surface area contributed by atoms with Gasteiger partial charge in [-0.25, -0.2) is 9.05 Å². The molecular formula is C34H30N2+2. The molecule has 2 nitrogen and oxygen atoms in total. The summed E-state index contributed by atoms with van der Waals surface area (Å²) in [6, 6.07) is 43.9. The molecule has 6 rings (SSSR count). The third-order valence-corrected chi connectivity index (χ3v) is 7.58. The molecule has 6 aromatic rings. The summed E-state index contributed by atoms with van der Waals surface area (Å²) in [6.07, 6.45) is 2.12. The highest BCUT2D eigenvalue weighted by Crippen LogP contribution is 2.50. The first-order chi connectivity index (χ1) is 17.6. The summed E-state index contributed by atoms with van der Waals surface area (Å²) in [7, 11) is 4.45. The highest BCUT2D eigenvalue weighted by Gasteiger charge is 2.36. The van der Waals surface area contributed by atoms with E-state index >= 15 is 0 Å². The Morgan fingerprint density at radius 1 is 0.611 bits per heavy atom. The molecule has 0 radical (unpaired) electrons. The van der Waals surface area contributed by atoms with Gasteiger partial charge in [-0.15, -0.1) is 0 Å². The lowest BCUT2D eigenvalue weighted by atomic mass is 9.91. The second-order valence-electron chi connectivity index (χ2n) is 9.66. The fraction of sp³-hybridized carbons (Fsp3) is 0.0882. The van der Waals surface area contributed by atoms with Gasteiger partial charge in [0, 0.05) is 28.5 Å². The minimum atomic E-state index is 0.574. The van der Waals surface area contributed by atoms with Crippen molar-refractivity contribution >= 4 is 38.6 Å². The molecule has 0 bridgehead atoms. The second kappa shape index (κ2) is 8.75. The minimum absolute atomic E-state index is 0.574. The van der Waals surface area contributed by atoms with Gasteiger partial charge < -0.3 is 0 Å². The number of aryl methyl sites for hydroxylation is 2. The Kier molecular flexibility index (Phi) is 5.40. The molecule has 0 saturated carbocycles. The number of aromatic nitrogens is 1. The monoisotopic (exact) mass is 466 g/mol. The molecule has 0 aliphatic rings. The predicted octanol–water partition coefficient (Wildman–Crippen LogP) is 8.39. The molecule has 0 aliphatic heterocycles. The van der Waals surface area contributed by atoms with Crippen LogP contribution in [0.25, 0.3) is 32.8 Å². The first kappa shape index (κ1) is 22.2. The zero-order valence-corrected chi connectivity index (χ0v) is 21.0. The zero-order valence-electron chi connectivity index (χ0n) is 21.0. The molecule has 0 fully saturated rings. The molecule has 0 spiro atoms. The van der Waals surface area contributed by atoms with Crippen LogP contribution in [0.2, 0.25) is 0 Å². The average molecular weight is 467 g/mol. The number of para-hydroxylation sites is 2. The SMILES string of the molecule is Cc1c(-c2cccc[n+]2C)ccc2cc3ccccc3c([N+](C)(c3ccccc3)c3ccccc3)c12. The Bertz CT molecular complexity index is 1660. The van der Waals surface area contributed by atoms with Crippen LogP contribution in [0.15, 0.2) is 128 Å². The number of pyridine rings is 1. The number of fused-ring (bicyclic) bond motifs is 2. The van der Waals surface area contributed by atoms with Crippen molar-refractivity contribution in [2.45, 2.75) is 6.92 Å². The summed E-state index contributed by atoms with van der Waals surface area (Å²) in [5.41, 5.74) is 7.54. The van der Waals surface area contributed by atoms with Crippen molar-refractivity contribution < 1.29 is 4.57 Å². The van der Waals surface area contributed by atoms with Crippen molar-refractivity contribution in [3.05, 3.63) is 133 Å². The first-order valence-electron chi connectivity index (χ1n) is 12.5. The van der Waals surface area contributed by atoms with E-state index in [1.807, 2.05) is 0 Å². The highest BCUT2D eigenvalue weighted by atomic mass is 15.3. The normalized spacial score (nSPS) is 11.8. The van der Waals surface area contributed by atoms with Gasteiger partial charge in [0.1, 0.15) is 18.4 Å². The maximum atomic E-state index is 2.34. The fourth-order valence-corrected chi connectivity index (χ4v) is 5.71. The lowest BCUT2D eigenvalue weighted by Crippen LogP contribution is -2.34. The Morgan fingerprint density at radius 3 is 1.89 bits per heavy atom. The van der Waals surface area contributed by atoms with Gasteiger partial charge in [0.25, 0.3) is 0 Å². The van der Waals surface area contributed by atoms with Gasteiger partial charge in [0.2, 0.25) is 5.69 Å². The van der Waals surface area contributed by atoms with E-state index in [1.54, 1.807) is 0 Å². The molecule has 5 aromatic carbocycles. The Labute approximate surface area is 212 Å². The number of quaternary nitrogens is 1. The smallest absolute Gasteiger partial charge is 0.212 e. The molecule has 0 N–H and O–H groups in total. The molecule has 0 unspecified atom stereocenters. The number of hydrogen-bond donors (Lipinski definition) is 0. The van der Waals surface area contributed by atoms with Crippen molar-refractivity contribution in [1.82, 2.24) is 4.48 Å². The van der Waals surface area contributed by atoms with Gasteiger partial charge in [-0.1, -0.05) is 60.7 Å². The summed E-state index contributed by atoms with van der Waals surface area (Å²) in [5.74, 6) is 0. The van der Waals surface area contributed by atoms with Crippen LogP contribution in [-0.2, 0) is 7.05 Å². The van der Waals surface area contributed by atoms with Gasteiger partial charge in [-0.3, -0.25) is 0 Å². The zero-order chi connectivity index (χ0) is 24.7. The van der Waals surface area contributed by atoms with Gasteiger partial charge in [-0.2, -0.15) is 0 Å². The molecule has 1 aromatic heterocycles. The topological polar surface area (TPSA) is 3.88 Å². The molecule has 174 valence electrons. The summed E-state index contributed by atoms with van der Waals surface area (Å²) in [5, 5.41) is 5.11. The first-order valence-corrected chi connectivity index (χ1v) is 12.5. The summed E-state index contributed by atoms with van der Waals surface area (Å²) >= 11 is 0. The molecule has 1 heterocycles. The van der Waals surface area contributed by atoms with Crippen LogP contribution >= 0.6 is 0 Å². The summed E-state index contributed by atoms with van der Waals surface area (Å²) < 4.78 is 2.78. The van der Waals surface area contributed by atoms with E-state index in [0.717, 1.165) is 0 Å². The summed E-state index contributed by atoms with van der Waals surface area (Å²) in [6.45, 7) is 2.28. The highest BCUT2D eigenvalue weighted by molar-refractivity contribution is 6.14. The van der Waals surface area contributed by atoms with Crippen molar-refractivity contribution in [3.63, 3.8) is 0 Å². The van der Waals surface area contributed by atoms with E-state index in [4.69, 9.17) is 0 Å². The number of benzene rings is 5. The van der Waals surface area contributed by atoms with E-state index in [2.05, 4.69) is 153 Å². The van der Waals surface area contributed by atoms with Crippen molar-refractivity contribution in [2.75, 3.05) is 7.05 Å². The Hall–Kier alpha value is -4.27. The van der Waals surface area contributed by atoms with Crippen molar-refractivity contribution in [1.29, 1.82) is 0 Å². The molecule has 2 heteroatoms. The van der Waals surface area contributed by atoms with Crippen LogP contribution in [0, 0.1) is 6.92 Å². The van der Waals surface area contributed by atoms with Crippen molar-refractivity contribution in [2.24, 2.45) is 7.05 Å². The number of hydrogen-bond acceptors (Lipinski definition) is 0. The third kappa shape index (κ3) is 3.42. The van der Waals surface area contributed by atoms with Gasteiger partial charge >= 0.3 is 0 Å². The van der Waals surface area contributed by atoms with E-state index in [9.17, 15) is 0 Å². The van der Waals surface area contributed by atoms with Gasteiger partial charge in [0.15, 0.2) is 11.9 Å². The quantitative estimate of drug-likeness (QED) is 0.139. The lowest BCUT2D eigenvalue weighted by Gasteiger charge is -2.35.